The maximum atomic E-state index is 4.47. The topological polar surface area (TPSA) is 25.8 Å². The summed E-state index contributed by atoms with van der Waals surface area (Å²) in [6, 6.07) is 20.7. The molecule has 0 atom stereocenters. The number of benzene rings is 2. The fourth-order valence-corrected chi connectivity index (χ4v) is 2.11. The lowest BCUT2D eigenvalue weighted by atomic mass is 10.0. The molecular weight excluding hydrogens is 232 g/mol. The zero-order valence-electron chi connectivity index (χ0n) is 10.7. The number of aromatic nitrogens is 2. The van der Waals surface area contributed by atoms with E-state index < -0.39 is 0 Å². The summed E-state index contributed by atoms with van der Waals surface area (Å²) in [7, 11) is 0. The van der Waals surface area contributed by atoms with Crippen LogP contribution in [-0.2, 0) is 0 Å². The average molecular weight is 246 g/mol. The van der Waals surface area contributed by atoms with Gasteiger partial charge in [-0.15, -0.1) is 0 Å². The van der Waals surface area contributed by atoms with Gasteiger partial charge >= 0.3 is 0 Å². The second kappa shape index (κ2) is 5.02. The predicted octanol–water partition coefficient (Wildman–Crippen LogP) is 4.12. The molecule has 0 aliphatic rings. The molecule has 92 valence electrons. The molecule has 0 N–H and O–H groups in total. The Labute approximate surface area is 112 Å². The second-order valence-corrected chi connectivity index (χ2v) is 4.44. The molecule has 2 nitrogen and oxygen atoms in total. The van der Waals surface area contributed by atoms with Gasteiger partial charge in [0, 0.05) is 11.8 Å². The molecule has 2 heteroatoms. The van der Waals surface area contributed by atoms with E-state index in [0.29, 0.717) is 0 Å². The van der Waals surface area contributed by atoms with Gasteiger partial charge in [0.25, 0.3) is 0 Å². The van der Waals surface area contributed by atoms with Gasteiger partial charge in [0.1, 0.15) is 5.82 Å². The molecule has 3 rings (SSSR count). The summed E-state index contributed by atoms with van der Waals surface area (Å²) in [5.74, 6) is 0.794. The van der Waals surface area contributed by atoms with Gasteiger partial charge < -0.3 is 0 Å². The van der Waals surface area contributed by atoms with Gasteiger partial charge in [-0.05, 0) is 30.2 Å². The summed E-state index contributed by atoms with van der Waals surface area (Å²) < 4.78 is 0. The first-order valence-electron chi connectivity index (χ1n) is 6.28. The van der Waals surface area contributed by atoms with Crippen LogP contribution < -0.4 is 0 Å². The Morgan fingerprint density at radius 1 is 0.737 bits per heavy atom. The number of hydrogen-bond donors (Lipinski definition) is 0. The molecular formula is C17H14N2. The van der Waals surface area contributed by atoms with E-state index in [2.05, 4.69) is 58.5 Å². The second-order valence-electron chi connectivity index (χ2n) is 4.44. The van der Waals surface area contributed by atoms with Crippen molar-refractivity contribution in [1.29, 1.82) is 0 Å². The molecule has 0 aliphatic carbocycles. The van der Waals surface area contributed by atoms with Crippen LogP contribution in [0.25, 0.3) is 22.4 Å². The van der Waals surface area contributed by atoms with Gasteiger partial charge in [-0.2, -0.15) is 0 Å². The van der Waals surface area contributed by atoms with E-state index in [1.165, 1.54) is 11.1 Å². The first-order chi connectivity index (χ1) is 9.33. The smallest absolute Gasteiger partial charge is 0.125 e. The largest absolute Gasteiger partial charge is 0.242 e. The van der Waals surface area contributed by atoms with Gasteiger partial charge in [0.15, 0.2) is 0 Å². The zero-order valence-corrected chi connectivity index (χ0v) is 10.7. The van der Waals surface area contributed by atoms with Gasteiger partial charge in [-0.1, -0.05) is 48.5 Å². The lowest BCUT2D eigenvalue weighted by Crippen LogP contribution is -1.90. The zero-order chi connectivity index (χ0) is 13.1. The molecule has 0 unspecified atom stereocenters. The third-order valence-electron chi connectivity index (χ3n) is 3.04. The van der Waals surface area contributed by atoms with Crippen LogP contribution in [0.3, 0.4) is 0 Å². The van der Waals surface area contributed by atoms with Crippen LogP contribution in [-0.4, -0.2) is 9.97 Å². The molecule has 0 saturated carbocycles. The van der Waals surface area contributed by atoms with Crippen LogP contribution in [0, 0.1) is 6.92 Å². The molecule has 1 aromatic heterocycles. The van der Waals surface area contributed by atoms with Crippen molar-refractivity contribution in [3.63, 3.8) is 0 Å². The van der Waals surface area contributed by atoms with Crippen molar-refractivity contribution in [3.05, 3.63) is 72.7 Å². The third kappa shape index (κ3) is 2.52. The molecule has 0 bridgehead atoms. The van der Waals surface area contributed by atoms with Crippen LogP contribution in [0.2, 0.25) is 0 Å². The summed E-state index contributed by atoms with van der Waals surface area (Å²) in [5, 5.41) is 0. The Bertz CT molecular complexity index is 690. The monoisotopic (exact) mass is 246 g/mol. The van der Waals surface area contributed by atoms with Crippen LogP contribution in [0.1, 0.15) is 5.82 Å². The Balaban J connectivity index is 2.06. The maximum Gasteiger partial charge on any atom is 0.125 e. The van der Waals surface area contributed by atoms with Gasteiger partial charge in [-0.25, -0.2) is 9.97 Å². The van der Waals surface area contributed by atoms with Crippen molar-refractivity contribution in [3.8, 4) is 22.4 Å². The predicted molar refractivity (Wildman–Crippen MR) is 77.6 cm³/mol. The van der Waals surface area contributed by atoms with E-state index in [1.54, 1.807) is 6.20 Å². The lowest BCUT2D eigenvalue weighted by molar-refractivity contribution is 1.06. The Kier molecular flexibility index (Phi) is 3.07. The molecule has 2 aromatic carbocycles. The first-order valence-corrected chi connectivity index (χ1v) is 6.28. The van der Waals surface area contributed by atoms with E-state index in [-0.39, 0.29) is 0 Å². The van der Waals surface area contributed by atoms with Crippen LogP contribution >= 0.6 is 0 Å². The molecule has 0 aliphatic heterocycles. The summed E-state index contributed by atoms with van der Waals surface area (Å²) in [6.45, 7) is 1.91. The summed E-state index contributed by atoms with van der Waals surface area (Å²) in [4.78, 5) is 8.60. The van der Waals surface area contributed by atoms with Gasteiger partial charge in [0.2, 0.25) is 0 Å². The number of hydrogen-bond acceptors (Lipinski definition) is 2. The van der Waals surface area contributed by atoms with Crippen molar-refractivity contribution >= 4 is 0 Å². The highest BCUT2D eigenvalue weighted by Gasteiger charge is 2.02. The van der Waals surface area contributed by atoms with Gasteiger partial charge in [0.05, 0.1) is 5.69 Å². The minimum absolute atomic E-state index is 0.794. The minimum atomic E-state index is 0.794. The van der Waals surface area contributed by atoms with E-state index in [1.807, 2.05) is 19.1 Å². The molecule has 0 radical (unpaired) electrons. The van der Waals surface area contributed by atoms with E-state index >= 15 is 0 Å². The molecule has 3 aromatic rings. The lowest BCUT2D eigenvalue weighted by Gasteiger charge is -2.05. The fourth-order valence-electron chi connectivity index (χ4n) is 2.11. The quantitative estimate of drug-likeness (QED) is 0.679. The number of rotatable bonds is 2. The van der Waals surface area contributed by atoms with Crippen molar-refractivity contribution < 1.29 is 0 Å². The van der Waals surface area contributed by atoms with Crippen molar-refractivity contribution in [1.82, 2.24) is 9.97 Å². The molecule has 19 heavy (non-hydrogen) atoms. The summed E-state index contributed by atoms with van der Waals surface area (Å²) in [5.41, 5.74) is 4.50. The Morgan fingerprint density at radius 3 is 2.26 bits per heavy atom. The van der Waals surface area contributed by atoms with Gasteiger partial charge in [-0.3, -0.25) is 0 Å². The van der Waals surface area contributed by atoms with Crippen molar-refractivity contribution in [2.24, 2.45) is 0 Å². The molecule has 1 heterocycles. The Hall–Kier alpha value is -2.48. The maximum absolute atomic E-state index is 4.47. The molecule has 0 saturated heterocycles. The molecule has 0 amide bonds. The first kappa shape index (κ1) is 11.6. The fraction of sp³-hybridized carbons (Fsp3) is 0.0588. The SMILES string of the molecule is Cc1nccc(-c2cccc(-c3ccccc3)c2)n1. The highest BCUT2D eigenvalue weighted by Crippen LogP contribution is 2.24. The standard InChI is InChI=1S/C17H14N2/c1-13-18-11-10-17(19-13)16-9-5-8-15(12-16)14-6-3-2-4-7-14/h2-12H,1H3. The average Bonchev–Trinajstić information content (AvgIpc) is 2.48. The normalized spacial score (nSPS) is 10.4. The number of aryl methyl sites for hydroxylation is 1. The minimum Gasteiger partial charge on any atom is -0.242 e. The highest BCUT2D eigenvalue weighted by atomic mass is 14.9. The Morgan fingerprint density at radius 2 is 1.47 bits per heavy atom. The molecule has 0 fully saturated rings. The van der Waals surface area contributed by atoms with Crippen molar-refractivity contribution in [2.75, 3.05) is 0 Å². The van der Waals surface area contributed by atoms with Crippen molar-refractivity contribution in [2.45, 2.75) is 6.92 Å². The number of nitrogens with zero attached hydrogens (tertiary/aromatic N) is 2. The molecule has 0 spiro atoms. The highest BCUT2D eigenvalue weighted by molar-refractivity contribution is 5.71. The summed E-state index contributed by atoms with van der Waals surface area (Å²) in [6.07, 6.45) is 1.80. The van der Waals surface area contributed by atoms with E-state index in [4.69, 9.17) is 0 Å². The van der Waals surface area contributed by atoms with E-state index in [9.17, 15) is 0 Å². The van der Waals surface area contributed by atoms with Crippen LogP contribution in [0.4, 0.5) is 0 Å². The summed E-state index contributed by atoms with van der Waals surface area (Å²) >= 11 is 0. The van der Waals surface area contributed by atoms with Crippen LogP contribution in [0.15, 0.2) is 66.9 Å². The van der Waals surface area contributed by atoms with Crippen LogP contribution in [0.5, 0.6) is 0 Å². The van der Waals surface area contributed by atoms with E-state index in [0.717, 1.165) is 17.1 Å². The third-order valence-corrected chi connectivity index (χ3v) is 3.04.